The fraction of sp³-hybridized carbons (Fsp3) is 0.840. The van der Waals surface area contributed by atoms with E-state index in [2.05, 4.69) is 26.8 Å². The number of hydrogen-bond donors (Lipinski definition) is 0. The van der Waals surface area contributed by atoms with Crippen molar-refractivity contribution in [1.29, 1.82) is 0 Å². The van der Waals surface area contributed by atoms with Crippen LogP contribution >= 0.6 is 0 Å². The fourth-order valence-electron chi connectivity index (χ4n) is 7.94. The fourth-order valence-corrected chi connectivity index (χ4v) is 7.94. The maximum atomic E-state index is 13.6. The highest BCUT2D eigenvalue weighted by molar-refractivity contribution is 5.97. The SMILES string of the molecule is COC(=O)CC[C@@H](C)C1CC[C@H]2[C@@H]3CC[C@@H]4CCCC[C@]4(C)C3=CC(=O)[C@]12C. The molecule has 1 unspecified atom stereocenters. The number of ketones is 1. The molecule has 0 aromatic carbocycles. The number of carbonyl (C=O) groups is 2. The van der Waals surface area contributed by atoms with Gasteiger partial charge >= 0.3 is 5.97 Å². The summed E-state index contributed by atoms with van der Waals surface area (Å²) in [6.45, 7) is 6.97. The summed E-state index contributed by atoms with van der Waals surface area (Å²) in [5.41, 5.74) is 1.56. The molecule has 0 saturated heterocycles. The highest BCUT2D eigenvalue weighted by Gasteiger charge is 2.60. The van der Waals surface area contributed by atoms with Crippen LogP contribution in [0.25, 0.3) is 0 Å². The summed E-state index contributed by atoms with van der Waals surface area (Å²) < 4.78 is 4.83. The number of fused-ring (bicyclic) bond motifs is 5. The first kappa shape index (κ1) is 20.2. The molecule has 0 N–H and O–H groups in total. The Balaban J connectivity index is 1.60. The summed E-state index contributed by atoms with van der Waals surface area (Å²) in [6.07, 6.45) is 13.7. The van der Waals surface area contributed by atoms with Gasteiger partial charge in [0.15, 0.2) is 5.78 Å². The van der Waals surface area contributed by atoms with E-state index in [9.17, 15) is 9.59 Å². The second kappa shape index (κ2) is 7.29. The molecular weight excluding hydrogens is 348 g/mol. The Morgan fingerprint density at radius 2 is 1.96 bits per heavy atom. The van der Waals surface area contributed by atoms with Gasteiger partial charge in [0.05, 0.1) is 7.11 Å². The van der Waals surface area contributed by atoms with Crippen LogP contribution in [0.5, 0.6) is 0 Å². The first-order valence-corrected chi connectivity index (χ1v) is 11.7. The summed E-state index contributed by atoms with van der Waals surface area (Å²) in [7, 11) is 1.46. The van der Waals surface area contributed by atoms with Crippen LogP contribution in [-0.4, -0.2) is 18.9 Å². The van der Waals surface area contributed by atoms with Gasteiger partial charge in [0.2, 0.25) is 0 Å². The molecule has 4 aliphatic carbocycles. The monoisotopic (exact) mass is 386 g/mol. The largest absolute Gasteiger partial charge is 0.469 e. The Hall–Kier alpha value is -1.12. The number of rotatable bonds is 4. The van der Waals surface area contributed by atoms with E-state index in [4.69, 9.17) is 4.74 Å². The highest BCUT2D eigenvalue weighted by atomic mass is 16.5. The molecule has 0 radical (unpaired) electrons. The van der Waals surface area contributed by atoms with E-state index in [1.807, 2.05) is 0 Å². The number of ether oxygens (including phenoxy) is 1. The third kappa shape index (κ3) is 2.91. The van der Waals surface area contributed by atoms with E-state index >= 15 is 0 Å². The standard InChI is InChI=1S/C25H38O3/c1-16(8-13-23(27)28-4)19-11-12-20-18-10-9-17-7-5-6-14-24(17,2)21(18)15-22(26)25(19,20)3/h15-20H,5-14H2,1-4H3/t16-,17+,18+,19?,20+,24+,25-/m1/s1. The minimum Gasteiger partial charge on any atom is -0.469 e. The minimum atomic E-state index is -0.235. The molecular formula is C25H38O3. The summed E-state index contributed by atoms with van der Waals surface area (Å²) in [5.74, 6) is 2.94. The first-order valence-electron chi connectivity index (χ1n) is 11.7. The first-order chi connectivity index (χ1) is 13.3. The van der Waals surface area contributed by atoms with Crippen molar-refractivity contribution in [3.05, 3.63) is 11.6 Å². The van der Waals surface area contributed by atoms with Crippen LogP contribution in [0.4, 0.5) is 0 Å². The number of esters is 1. The third-order valence-corrected chi connectivity index (χ3v) is 9.64. The van der Waals surface area contributed by atoms with Crippen LogP contribution < -0.4 is 0 Å². The molecule has 3 saturated carbocycles. The molecule has 0 spiro atoms. The van der Waals surface area contributed by atoms with Crippen LogP contribution in [0.2, 0.25) is 0 Å². The molecule has 3 fully saturated rings. The van der Waals surface area contributed by atoms with Gasteiger partial charge < -0.3 is 4.74 Å². The number of allylic oxidation sites excluding steroid dienone is 2. The van der Waals surface area contributed by atoms with Gasteiger partial charge in [-0.1, -0.05) is 39.2 Å². The molecule has 0 heterocycles. The van der Waals surface area contributed by atoms with Gasteiger partial charge in [-0.25, -0.2) is 0 Å². The van der Waals surface area contributed by atoms with Crippen molar-refractivity contribution >= 4 is 11.8 Å². The average Bonchev–Trinajstić information content (AvgIpc) is 3.05. The lowest BCUT2D eigenvalue weighted by Gasteiger charge is -2.55. The van der Waals surface area contributed by atoms with E-state index in [1.54, 1.807) is 0 Å². The van der Waals surface area contributed by atoms with E-state index in [-0.39, 0.29) is 16.8 Å². The zero-order chi connectivity index (χ0) is 20.1. The Labute approximate surface area is 170 Å². The molecule has 0 aromatic rings. The van der Waals surface area contributed by atoms with E-state index in [0.717, 1.165) is 18.8 Å². The van der Waals surface area contributed by atoms with Gasteiger partial charge in [0.1, 0.15) is 0 Å². The summed E-state index contributed by atoms with van der Waals surface area (Å²) in [4.78, 5) is 25.2. The summed E-state index contributed by atoms with van der Waals surface area (Å²) >= 11 is 0. The van der Waals surface area contributed by atoms with Crippen LogP contribution in [0, 0.1) is 40.4 Å². The maximum Gasteiger partial charge on any atom is 0.305 e. The van der Waals surface area contributed by atoms with Crippen molar-refractivity contribution in [1.82, 2.24) is 0 Å². The van der Waals surface area contributed by atoms with Crippen LogP contribution in [0.15, 0.2) is 11.6 Å². The third-order valence-electron chi connectivity index (χ3n) is 9.64. The summed E-state index contributed by atoms with van der Waals surface area (Å²) in [5, 5.41) is 0. The second-order valence-corrected chi connectivity index (χ2v) is 10.7. The van der Waals surface area contributed by atoms with E-state index < -0.39 is 0 Å². The van der Waals surface area contributed by atoms with Crippen LogP contribution in [-0.2, 0) is 14.3 Å². The van der Waals surface area contributed by atoms with E-state index in [1.165, 1.54) is 57.6 Å². The number of methoxy groups -OCH3 is 1. The lowest BCUT2D eigenvalue weighted by atomic mass is 9.48. The van der Waals surface area contributed by atoms with Gasteiger partial charge in [0.25, 0.3) is 0 Å². The van der Waals surface area contributed by atoms with E-state index in [0.29, 0.717) is 35.9 Å². The molecule has 7 atom stereocenters. The van der Waals surface area contributed by atoms with Crippen molar-refractivity contribution < 1.29 is 14.3 Å². The number of hydrogen-bond acceptors (Lipinski definition) is 3. The Kier molecular flexibility index (Phi) is 5.25. The topological polar surface area (TPSA) is 43.4 Å². The molecule has 4 aliphatic rings. The summed E-state index contributed by atoms with van der Waals surface area (Å²) in [6, 6.07) is 0. The molecule has 0 aliphatic heterocycles. The smallest absolute Gasteiger partial charge is 0.305 e. The van der Waals surface area contributed by atoms with Crippen molar-refractivity contribution in [2.75, 3.05) is 7.11 Å². The maximum absolute atomic E-state index is 13.6. The Bertz CT molecular complexity index is 679. The predicted molar refractivity (Wildman–Crippen MR) is 111 cm³/mol. The van der Waals surface area contributed by atoms with Gasteiger partial charge in [-0.15, -0.1) is 0 Å². The van der Waals surface area contributed by atoms with Crippen LogP contribution in [0.3, 0.4) is 0 Å². The van der Waals surface area contributed by atoms with Crippen molar-refractivity contribution in [3.8, 4) is 0 Å². The predicted octanol–water partition coefficient (Wildman–Crippen LogP) is 5.72. The Morgan fingerprint density at radius 3 is 2.71 bits per heavy atom. The highest BCUT2D eigenvalue weighted by Crippen LogP contribution is 2.65. The molecule has 0 bridgehead atoms. The lowest BCUT2D eigenvalue weighted by molar-refractivity contribution is -0.141. The quantitative estimate of drug-likeness (QED) is 0.580. The normalized spacial score (nSPS) is 43.4. The van der Waals surface area contributed by atoms with Gasteiger partial charge in [-0.3, -0.25) is 9.59 Å². The van der Waals surface area contributed by atoms with Crippen molar-refractivity contribution in [3.63, 3.8) is 0 Å². The van der Waals surface area contributed by atoms with Gasteiger partial charge in [-0.2, -0.15) is 0 Å². The average molecular weight is 387 g/mol. The minimum absolute atomic E-state index is 0.132. The molecule has 3 nitrogen and oxygen atoms in total. The van der Waals surface area contributed by atoms with Crippen molar-refractivity contribution in [2.24, 2.45) is 40.4 Å². The number of carbonyl (C=O) groups excluding carboxylic acids is 2. The molecule has 3 heteroatoms. The molecule has 0 aromatic heterocycles. The van der Waals surface area contributed by atoms with Gasteiger partial charge in [0, 0.05) is 11.8 Å². The van der Waals surface area contributed by atoms with Crippen molar-refractivity contribution in [2.45, 2.75) is 85.0 Å². The molecule has 156 valence electrons. The Morgan fingerprint density at radius 1 is 1.18 bits per heavy atom. The second-order valence-electron chi connectivity index (χ2n) is 10.7. The zero-order valence-corrected chi connectivity index (χ0v) is 18.3. The lowest BCUT2D eigenvalue weighted by Crippen LogP contribution is -2.51. The van der Waals surface area contributed by atoms with Crippen LogP contribution in [0.1, 0.15) is 85.0 Å². The molecule has 28 heavy (non-hydrogen) atoms. The zero-order valence-electron chi connectivity index (χ0n) is 18.3. The molecule has 4 rings (SSSR count). The molecule has 0 amide bonds. The van der Waals surface area contributed by atoms with Gasteiger partial charge in [-0.05, 0) is 86.0 Å².